The lowest BCUT2D eigenvalue weighted by molar-refractivity contribution is -0.162. The molecule has 20 heavy (non-hydrogen) atoms. The highest BCUT2D eigenvalue weighted by atomic mass is 32.1. The molecule has 0 spiro atoms. The van der Waals surface area contributed by atoms with Gasteiger partial charge in [-0.3, -0.25) is 0 Å². The third kappa shape index (κ3) is 3.03. The van der Waals surface area contributed by atoms with Crippen LogP contribution in [0.15, 0.2) is 24.4 Å². The summed E-state index contributed by atoms with van der Waals surface area (Å²) in [7, 11) is 0. The second-order valence-corrected chi connectivity index (χ2v) is 4.31. The summed E-state index contributed by atoms with van der Waals surface area (Å²) in [5.41, 5.74) is -3.68. The summed E-state index contributed by atoms with van der Waals surface area (Å²) in [6, 6.07) is 1.99. The van der Waals surface area contributed by atoms with Gasteiger partial charge < -0.3 is 4.74 Å². The van der Waals surface area contributed by atoms with Crippen molar-refractivity contribution in [3.63, 3.8) is 0 Å². The smallest absolute Gasteiger partial charge is 0.420 e. The maximum atomic E-state index is 12.9. The maximum Gasteiger partial charge on any atom is 0.420 e. The van der Waals surface area contributed by atoms with Gasteiger partial charge >= 0.3 is 12.4 Å². The highest BCUT2D eigenvalue weighted by Gasteiger charge is 2.45. The van der Waals surface area contributed by atoms with Crippen molar-refractivity contribution in [2.75, 3.05) is 0 Å². The van der Waals surface area contributed by atoms with Gasteiger partial charge in [0.25, 0.3) is 5.19 Å². The van der Waals surface area contributed by atoms with Crippen LogP contribution in [0.5, 0.6) is 10.9 Å². The number of hydrogen-bond donors (Lipinski definition) is 0. The monoisotopic (exact) mass is 312 g/mol. The number of ether oxygens (including phenoxy) is 1. The van der Waals surface area contributed by atoms with E-state index >= 15 is 0 Å². The molecule has 0 fully saturated rings. The van der Waals surface area contributed by atoms with Crippen LogP contribution in [0.4, 0.5) is 26.3 Å². The van der Waals surface area contributed by atoms with Crippen LogP contribution in [-0.2, 0) is 12.4 Å². The number of benzene rings is 1. The van der Waals surface area contributed by atoms with Crippen molar-refractivity contribution in [2.45, 2.75) is 12.4 Å². The molecule has 1 aromatic carbocycles. The molecule has 0 atom stereocenters. The minimum Gasteiger partial charge on any atom is -0.430 e. The van der Waals surface area contributed by atoms with Gasteiger partial charge in [-0.15, -0.1) is 0 Å². The van der Waals surface area contributed by atoms with Gasteiger partial charge in [0.15, 0.2) is 0 Å². The molecule has 0 bridgehead atoms. The summed E-state index contributed by atoms with van der Waals surface area (Å²) < 4.78 is 81.3. The molecule has 0 aliphatic carbocycles. The van der Waals surface area contributed by atoms with Crippen LogP contribution in [0.3, 0.4) is 0 Å². The number of halogens is 6. The third-order valence-electron chi connectivity index (χ3n) is 2.18. The topological polar surface area (TPSA) is 22.1 Å². The van der Waals surface area contributed by atoms with Crippen molar-refractivity contribution in [3.8, 4) is 10.9 Å². The molecule has 107 valence electrons. The first kappa shape index (κ1) is 14.6. The Morgan fingerprint density at radius 2 is 1.75 bits per heavy atom. The van der Waals surface area contributed by atoms with Gasteiger partial charge in [-0.25, -0.2) is 4.98 Å². The SMILES string of the molecule is FC(F)(F)c1cccc(Oc2nc[c]s2)c1C(F)(F)F. The normalized spacial score (nSPS) is 12.5. The van der Waals surface area contributed by atoms with Gasteiger partial charge in [0.05, 0.1) is 17.1 Å². The molecule has 0 saturated carbocycles. The van der Waals surface area contributed by atoms with E-state index in [9.17, 15) is 26.3 Å². The van der Waals surface area contributed by atoms with Gasteiger partial charge in [0.2, 0.25) is 0 Å². The zero-order valence-corrected chi connectivity index (χ0v) is 10.2. The van der Waals surface area contributed by atoms with E-state index in [0.717, 1.165) is 29.7 Å². The first-order valence-electron chi connectivity index (χ1n) is 4.96. The molecule has 2 nitrogen and oxygen atoms in total. The molecule has 9 heteroatoms. The zero-order valence-electron chi connectivity index (χ0n) is 9.34. The van der Waals surface area contributed by atoms with E-state index < -0.39 is 29.2 Å². The number of aromatic nitrogens is 1. The fourth-order valence-corrected chi connectivity index (χ4v) is 1.91. The molecule has 0 saturated heterocycles. The quantitative estimate of drug-likeness (QED) is 0.745. The molecule has 0 aliphatic rings. The van der Waals surface area contributed by atoms with Crippen molar-refractivity contribution < 1.29 is 31.1 Å². The molecule has 0 N–H and O–H groups in total. The van der Waals surface area contributed by atoms with Gasteiger partial charge in [-0.1, -0.05) is 17.4 Å². The van der Waals surface area contributed by atoms with Crippen LogP contribution in [0.1, 0.15) is 11.1 Å². The molecule has 2 aromatic rings. The summed E-state index contributed by atoms with van der Waals surface area (Å²) in [6.45, 7) is 0. The van der Waals surface area contributed by atoms with E-state index in [0.29, 0.717) is 6.07 Å². The van der Waals surface area contributed by atoms with Gasteiger partial charge in [0, 0.05) is 0 Å². The lowest BCUT2D eigenvalue weighted by Gasteiger charge is -2.18. The zero-order chi connectivity index (χ0) is 15.0. The molecule has 1 radical (unpaired) electrons. The largest absolute Gasteiger partial charge is 0.430 e. The number of thiazole rings is 1. The van der Waals surface area contributed by atoms with Crippen LogP contribution in [0.2, 0.25) is 0 Å². The van der Waals surface area contributed by atoms with E-state index in [4.69, 9.17) is 4.74 Å². The first-order chi connectivity index (χ1) is 9.19. The van der Waals surface area contributed by atoms with Crippen molar-refractivity contribution in [1.82, 2.24) is 4.98 Å². The minimum absolute atomic E-state index is 0.227. The fourth-order valence-electron chi connectivity index (χ4n) is 1.47. The summed E-state index contributed by atoms with van der Waals surface area (Å²) in [6.07, 6.45) is -9.21. The second kappa shape index (κ2) is 4.97. The Balaban J connectivity index is 2.57. The summed E-state index contributed by atoms with van der Waals surface area (Å²) in [4.78, 5) is 3.52. The Morgan fingerprint density at radius 3 is 2.25 bits per heavy atom. The fraction of sp³-hybridized carbons (Fsp3) is 0.182. The second-order valence-electron chi connectivity index (χ2n) is 3.52. The van der Waals surface area contributed by atoms with Gasteiger partial charge in [-0.2, -0.15) is 26.3 Å². The van der Waals surface area contributed by atoms with E-state index in [1.54, 1.807) is 0 Å². The van der Waals surface area contributed by atoms with Crippen molar-refractivity contribution in [2.24, 2.45) is 0 Å². The Labute approximate surface area is 112 Å². The average Bonchev–Trinajstić information content (AvgIpc) is 2.79. The number of alkyl halides is 6. The number of hydrogen-bond acceptors (Lipinski definition) is 3. The lowest BCUT2D eigenvalue weighted by Crippen LogP contribution is -2.17. The van der Waals surface area contributed by atoms with Crippen molar-refractivity contribution in [1.29, 1.82) is 0 Å². The third-order valence-corrected chi connectivity index (χ3v) is 2.77. The molecular weight excluding hydrogens is 308 g/mol. The molecule has 0 unspecified atom stereocenters. The number of rotatable bonds is 2. The van der Waals surface area contributed by atoms with Crippen LogP contribution < -0.4 is 4.74 Å². The lowest BCUT2D eigenvalue weighted by atomic mass is 10.1. The minimum atomic E-state index is -5.21. The highest BCUT2D eigenvalue weighted by Crippen LogP contribution is 2.45. The predicted molar refractivity (Wildman–Crippen MR) is 57.5 cm³/mol. The van der Waals surface area contributed by atoms with Crippen molar-refractivity contribution >= 4 is 11.3 Å². The van der Waals surface area contributed by atoms with E-state index in [-0.39, 0.29) is 5.19 Å². The Morgan fingerprint density at radius 1 is 1.05 bits per heavy atom. The predicted octanol–water partition coefficient (Wildman–Crippen LogP) is 4.77. The summed E-state index contributed by atoms with van der Waals surface area (Å²) in [5.74, 6) is -0.948. The van der Waals surface area contributed by atoms with Gasteiger partial charge in [0.1, 0.15) is 11.3 Å². The van der Waals surface area contributed by atoms with Crippen LogP contribution >= 0.6 is 11.3 Å². The van der Waals surface area contributed by atoms with Crippen LogP contribution in [-0.4, -0.2) is 4.98 Å². The summed E-state index contributed by atoms with van der Waals surface area (Å²) >= 11 is 0.744. The Kier molecular flexibility index (Phi) is 3.63. The van der Waals surface area contributed by atoms with E-state index in [2.05, 4.69) is 10.4 Å². The molecular formula is C11H4F6NOS. The standard InChI is InChI=1S/C11H4F6NOS/c12-10(13,14)6-2-1-3-7(8(6)11(15,16)17)19-9-18-4-5-20-9/h1-4H. The molecule has 1 heterocycles. The average molecular weight is 312 g/mol. The highest BCUT2D eigenvalue weighted by molar-refractivity contribution is 7.10. The maximum absolute atomic E-state index is 12.9. The molecule has 2 rings (SSSR count). The van der Waals surface area contributed by atoms with E-state index in [1.807, 2.05) is 0 Å². The van der Waals surface area contributed by atoms with Crippen LogP contribution in [0, 0.1) is 5.38 Å². The van der Waals surface area contributed by atoms with Crippen molar-refractivity contribution in [3.05, 3.63) is 40.9 Å². The number of nitrogens with zero attached hydrogens (tertiary/aromatic N) is 1. The van der Waals surface area contributed by atoms with E-state index in [1.165, 1.54) is 0 Å². The summed E-state index contributed by atoms with van der Waals surface area (Å²) in [5, 5.41) is 2.23. The Hall–Kier alpha value is -1.77. The van der Waals surface area contributed by atoms with Crippen LogP contribution in [0.25, 0.3) is 0 Å². The van der Waals surface area contributed by atoms with Gasteiger partial charge in [-0.05, 0) is 12.1 Å². The molecule has 0 amide bonds. The first-order valence-corrected chi connectivity index (χ1v) is 5.78. The molecule has 1 aromatic heterocycles. The molecule has 0 aliphatic heterocycles. The Bertz CT molecular complexity index is 590.